The second-order valence-electron chi connectivity index (χ2n) is 4.89. The van der Waals surface area contributed by atoms with Gasteiger partial charge in [-0.2, -0.15) is 5.26 Å². The van der Waals surface area contributed by atoms with Crippen LogP contribution in [0.4, 0.5) is 0 Å². The molecule has 4 nitrogen and oxygen atoms in total. The number of aromatic amines is 1. The molecule has 1 N–H and O–H groups in total. The van der Waals surface area contributed by atoms with Gasteiger partial charge in [0.25, 0.3) is 0 Å². The van der Waals surface area contributed by atoms with Gasteiger partial charge in [0.1, 0.15) is 16.6 Å². The molecular weight excluding hydrogens is 294 g/mol. The summed E-state index contributed by atoms with van der Waals surface area (Å²) in [5, 5.41) is 10.4. The van der Waals surface area contributed by atoms with Gasteiger partial charge >= 0.3 is 0 Å². The van der Waals surface area contributed by atoms with Crippen LogP contribution in [0.15, 0.2) is 53.5 Å². The molecule has 0 fully saturated rings. The highest BCUT2D eigenvalue weighted by molar-refractivity contribution is 7.21. The zero-order valence-electron chi connectivity index (χ0n) is 11.3. The van der Waals surface area contributed by atoms with Crippen LogP contribution in [0.3, 0.4) is 0 Å². The van der Waals surface area contributed by atoms with E-state index in [2.05, 4.69) is 9.97 Å². The lowest BCUT2D eigenvalue weighted by Crippen LogP contribution is -2.07. The Morgan fingerprint density at radius 3 is 2.86 bits per heavy atom. The number of nitrogens with one attached hydrogen (secondary N) is 1. The van der Waals surface area contributed by atoms with Gasteiger partial charge < -0.3 is 4.98 Å². The minimum absolute atomic E-state index is 0.119. The zero-order valence-corrected chi connectivity index (χ0v) is 12.1. The van der Waals surface area contributed by atoms with E-state index in [1.54, 1.807) is 17.4 Å². The van der Waals surface area contributed by atoms with Crippen molar-refractivity contribution in [3.8, 4) is 16.6 Å². The van der Waals surface area contributed by atoms with Crippen molar-refractivity contribution in [2.45, 2.75) is 0 Å². The van der Waals surface area contributed by atoms with Crippen molar-refractivity contribution in [3.63, 3.8) is 0 Å². The number of benzene rings is 2. The molecule has 2 heterocycles. The Morgan fingerprint density at radius 2 is 2.05 bits per heavy atom. The summed E-state index contributed by atoms with van der Waals surface area (Å²) in [5.41, 5.74) is 2.42. The van der Waals surface area contributed by atoms with Crippen molar-refractivity contribution in [3.05, 3.63) is 64.4 Å². The largest absolute Gasteiger partial charge is 0.360 e. The van der Waals surface area contributed by atoms with Crippen LogP contribution in [0.5, 0.6) is 0 Å². The van der Waals surface area contributed by atoms with Crippen LogP contribution in [0, 0.1) is 11.3 Å². The van der Waals surface area contributed by atoms with Crippen LogP contribution in [-0.2, 0) is 0 Å². The summed E-state index contributed by atoms with van der Waals surface area (Å²) in [7, 11) is 0. The summed E-state index contributed by atoms with van der Waals surface area (Å²) in [5.74, 6) is 0. The molecular formula is C17H9N3OS. The van der Waals surface area contributed by atoms with Crippen LogP contribution in [0.25, 0.3) is 31.7 Å². The molecule has 22 heavy (non-hydrogen) atoms. The lowest BCUT2D eigenvalue weighted by atomic mass is 10.1. The van der Waals surface area contributed by atoms with E-state index in [0.29, 0.717) is 10.9 Å². The van der Waals surface area contributed by atoms with Gasteiger partial charge in [-0.3, -0.25) is 4.79 Å². The van der Waals surface area contributed by atoms with E-state index in [1.807, 2.05) is 42.5 Å². The summed E-state index contributed by atoms with van der Waals surface area (Å²) >= 11 is 1.59. The Labute approximate surface area is 129 Å². The molecule has 0 saturated heterocycles. The van der Waals surface area contributed by atoms with Crippen molar-refractivity contribution >= 4 is 32.5 Å². The Balaban J connectivity index is 1.97. The topological polar surface area (TPSA) is 69.5 Å². The maximum Gasteiger partial charge on any atom is 0.207 e. The van der Waals surface area contributed by atoms with Crippen molar-refractivity contribution in [1.82, 2.24) is 9.97 Å². The Bertz CT molecular complexity index is 1090. The third-order valence-corrected chi connectivity index (χ3v) is 4.63. The third kappa shape index (κ3) is 1.90. The molecule has 2 aromatic carbocycles. The van der Waals surface area contributed by atoms with Gasteiger partial charge in [0.2, 0.25) is 5.43 Å². The first-order valence-corrected chi connectivity index (χ1v) is 7.49. The quantitative estimate of drug-likeness (QED) is 0.583. The molecule has 4 rings (SSSR count). The fourth-order valence-electron chi connectivity index (χ4n) is 2.43. The van der Waals surface area contributed by atoms with E-state index in [9.17, 15) is 4.79 Å². The number of pyridine rings is 1. The van der Waals surface area contributed by atoms with Gasteiger partial charge in [0.15, 0.2) is 0 Å². The number of nitrogens with zero attached hydrogens (tertiary/aromatic N) is 2. The predicted octanol–water partition coefficient (Wildman–Crippen LogP) is 3.68. The molecule has 104 valence electrons. The number of rotatable bonds is 1. The average Bonchev–Trinajstić information content (AvgIpc) is 2.99. The van der Waals surface area contributed by atoms with Crippen molar-refractivity contribution in [2.75, 3.05) is 0 Å². The maximum atomic E-state index is 12.3. The van der Waals surface area contributed by atoms with Gasteiger partial charge in [-0.25, -0.2) is 4.98 Å². The third-order valence-electron chi connectivity index (χ3n) is 3.54. The lowest BCUT2D eigenvalue weighted by Gasteiger charge is -2.01. The van der Waals surface area contributed by atoms with Crippen LogP contribution in [0.2, 0.25) is 0 Å². The highest BCUT2D eigenvalue weighted by Gasteiger charge is 2.09. The molecule has 0 unspecified atom stereocenters. The molecule has 0 radical (unpaired) electrons. The number of H-pyrrole nitrogens is 1. The summed E-state index contributed by atoms with van der Waals surface area (Å²) in [6.07, 6.45) is 1.45. The Hall–Kier alpha value is -2.97. The first-order chi connectivity index (χ1) is 10.8. The van der Waals surface area contributed by atoms with Gasteiger partial charge in [0, 0.05) is 22.7 Å². The molecule has 0 atom stereocenters. The summed E-state index contributed by atoms with van der Waals surface area (Å²) in [6.45, 7) is 0. The van der Waals surface area contributed by atoms with E-state index in [1.165, 1.54) is 6.20 Å². The smallest absolute Gasteiger partial charge is 0.207 e. The first kappa shape index (κ1) is 12.7. The second kappa shape index (κ2) is 4.79. The van der Waals surface area contributed by atoms with E-state index >= 15 is 0 Å². The number of hydrogen-bond acceptors (Lipinski definition) is 4. The minimum Gasteiger partial charge on any atom is -0.360 e. The average molecular weight is 303 g/mol. The molecule has 0 saturated carbocycles. The van der Waals surface area contributed by atoms with E-state index in [0.717, 1.165) is 20.8 Å². The lowest BCUT2D eigenvalue weighted by molar-refractivity contribution is 1.34. The molecule has 0 aliphatic rings. The van der Waals surface area contributed by atoms with Gasteiger partial charge in [-0.1, -0.05) is 12.1 Å². The molecule has 0 aliphatic heterocycles. The van der Waals surface area contributed by atoms with Crippen LogP contribution in [0.1, 0.15) is 5.56 Å². The fourth-order valence-corrected chi connectivity index (χ4v) is 3.39. The molecule has 0 amide bonds. The Kier molecular flexibility index (Phi) is 2.78. The minimum atomic E-state index is -0.251. The standard InChI is InChI=1S/C17H9N3OS/c18-8-11-9-19-13-6-5-10(7-12(13)16(11)21)17-20-14-3-1-2-4-15(14)22-17/h1-7,9H,(H,19,21). The van der Waals surface area contributed by atoms with Crippen LogP contribution < -0.4 is 5.43 Å². The summed E-state index contributed by atoms with van der Waals surface area (Å²) < 4.78 is 1.11. The van der Waals surface area contributed by atoms with Crippen LogP contribution in [-0.4, -0.2) is 9.97 Å². The Morgan fingerprint density at radius 1 is 1.18 bits per heavy atom. The molecule has 0 spiro atoms. The number of thiazole rings is 1. The van der Waals surface area contributed by atoms with Gasteiger partial charge in [0.05, 0.1) is 10.2 Å². The van der Waals surface area contributed by atoms with Crippen molar-refractivity contribution < 1.29 is 0 Å². The van der Waals surface area contributed by atoms with E-state index in [-0.39, 0.29) is 11.0 Å². The first-order valence-electron chi connectivity index (χ1n) is 6.68. The molecule has 0 aliphatic carbocycles. The highest BCUT2D eigenvalue weighted by Crippen LogP contribution is 2.30. The number of para-hydroxylation sites is 1. The number of fused-ring (bicyclic) bond motifs is 2. The fraction of sp³-hybridized carbons (Fsp3) is 0. The monoisotopic (exact) mass is 303 g/mol. The van der Waals surface area contributed by atoms with Crippen molar-refractivity contribution in [1.29, 1.82) is 5.26 Å². The number of nitriles is 1. The highest BCUT2D eigenvalue weighted by atomic mass is 32.1. The number of hydrogen-bond donors (Lipinski definition) is 1. The van der Waals surface area contributed by atoms with Gasteiger partial charge in [-0.05, 0) is 30.3 Å². The predicted molar refractivity (Wildman–Crippen MR) is 87.9 cm³/mol. The van der Waals surface area contributed by atoms with E-state index < -0.39 is 0 Å². The maximum absolute atomic E-state index is 12.3. The SMILES string of the molecule is N#Cc1c[nH]c2ccc(-c3nc4ccccc4s3)cc2c1=O. The van der Waals surface area contributed by atoms with Crippen molar-refractivity contribution in [2.24, 2.45) is 0 Å². The van der Waals surface area contributed by atoms with Crippen LogP contribution >= 0.6 is 11.3 Å². The van der Waals surface area contributed by atoms with E-state index in [4.69, 9.17) is 5.26 Å². The second-order valence-corrected chi connectivity index (χ2v) is 5.92. The molecule has 5 heteroatoms. The summed E-state index contributed by atoms with van der Waals surface area (Å²) in [4.78, 5) is 19.8. The molecule has 2 aromatic heterocycles. The zero-order chi connectivity index (χ0) is 15.1. The molecule has 4 aromatic rings. The van der Waals surface area contributed by atoms with Gasteiger partial charge in [-0.15, -0.1) is 11.3 Å². The molecule has 0 bridgehead atoms. The number of aromatic nitrogens is 2. The normalized spacial score (nSPS) is 10.9. The summed E-state index contributed by atoms with van der Waals surface area (Å²) in [6, 6.07) is 15.4.